The monoisotopic (exact) mass is 384 g/mol. The largest absolute Gasteiger partial charge is 0.478 e. The summed E-state index contributed by atoms with van der Waals surface area (Å²) in [5.74, 6) is -1.54. The van der Waals surface area contributed by atoms with E-state index in [0.717, 1.165) is 23.4 Å². The van der Waals surface area contributed by atoms with Crippen molar-refractivity contribution in [1.29, 1.82) is 0 Å². The van der Waals surface area contributed by atoms with Gasteiger partial charge in [0, 0.05) is 25.8 Å². The molecule has 1 aromatic carbocycles. The zero-order valence-electron chi connectivity index (χ0n) is 15.1. The van der Waals surface area contributed by atoms with Crippen LogP contribution in [0.25, 0.3) is 0 Å². The number of hydrogen-bond donors (Lipinski definition) is 1. The Morgan fingerprint density at radius 3 is 2.50 bits per heavy atom. The number of amides is 1. The molecule has 1 amide bonds. The van der Waals surface area contributed by atoms with Gasteiger partial charge in [-0.05, 0) is 38.0 Å². The molecule has 0 bridgehead atoms. The first kappa shape index (κ1) is 20.2. The lowest BCUT2D eigenvalue weighted by Crippen LogP contribution is -2.38. The number of methoxy groups -OCH3 is 1. The molecule has 1 N–H and O–H groups in total. The second-order valence-electron chi connectivity index (χ2n) is 6.25. The van der Waals surface area contributed by atoms with Gasteiger partial charge >= 0.3 is 5.97 Å². The Morgan fingerprint density at radius 1 is 1.31 bits per heavy atom. The Bertz CT molecular complexity index is 792. The predicted molar refractivity (Wildman–Crippen MR) is 97.2 cm³/mol. The van der Waals surface area contributed by atoms with E-state index in [9.17, 15) is 23.1 Å². The van der Waals surface area contributed by atoms with E-state index in [4.69, 9.17) is 4.74 Å². The number of carbonyl (C=O) groups is 2. The normalized spacial score (nSPS) is 17.3. The van der Waals surface area contributed by atoms with Crippen LogP contribution in [0, 0.1) is 0 Å². The number of anilines is 1. The van der Waals surface area contributed by atoms with Crippen molar-refractivity contribution in [2.45, 2.75) is 25.8 Å². The number of rotatable bonds is 7. The third-order valence-corrected chi connectivity index (χ3v) is 5.65. The molecule has 26 heavy (non-hydrogen) atoms. The Labute approximate surface area is 153 Å². The average molecular weight is 384 g/mol. The molecule has 1 aliphatic heterocycles. The van der Waals surface area contributed by atoms with Crippen LogP contribution in [0.15, 0.2) is 18.2 Å². The highest BCUT2D eigenvalue weighted by Crippen LogP contribution is 2.26. The third kappa shape index (κ3) is 4.34. The van der Waals surface area contributed by atoms with Crippen LogP contribution >= 0.6 is 0 Å². The fraction of sp³-hybridized carbons (Fsp3) is 0.529. The van der Waals surface area contributed by atoms with Gasteiger partial charge in [-0.15, -0.1) is 0 Å². The molecule has 8 nitrogen and oxygen atoms in total. The zero-order valence-corrected chi connectivity index (χ0v) is 16.0. The van der Waals surface area contributed by atoms with Gasteiger partial charge in [0.1, 0.15) is 0 Å². The number of nitrogens with zero attached hydrogens (tertiary/aromatic N) is 2. The highest BCUT2D eigenvalue weighted by Gasteiger charge is 2.30. The van der Waals surface area contributed by atoms with Crippen molar-refractivity contribution in [3.63, 3.8) is 0 Å². The molecule has 2 rings (SSSR count). The number of ether oxygens (including phenoxy) is 1. The van der Waals surface area contributed by atoms with Crippen LogP contribution in [0.1, 0.15) is 40.5 Å². The Hall–Kier alpha value is -2.13. The minimum Gasteiger partial charge on any atom is -0.478 e. The summed E-state index contributed by atoms with van der Waals surface area (Å²) in [5, 5.41) is 9.36. The first-order chi connectivity index (χ1) is 12.2. The van der Waals surface area contributed by atoms with Gasteiger partial charge in [0.05, 0.1) is 30.2 Å². The van der Waals surface area contributed by atoms with E-state index in [0.29, 0.717) is 13.2 Å². The number of aromatic carboxylic acids is 1. The van der Waals surface area contributed by atoms with Crippen molar-refractivity contribution in [1.82, 2.24) is 4.90 Å². The van der Waals surface area contributed by atoms with Gasteiger partial charge in [-0.2, -0.15) is 0 Å². The summed E-state index contributed by atoms with van der Waals surface area (Å²) in [6.45, 7) is 2.74. The molecule has 1 atom stereocenters. The van der Waals surface area contributed by atoms with Gasteiger partial charge < -0.3 is 14.7 Å². The lowest BCUT2D eigenvalue weighted by atomic mass is 10.1. The number of benzene rings is 1. The maximum Gasteiger partial charge on any atom is 0.335 e. The Balaban J connectivity index is 2.48. The van der Waals surface area contributed by atoms with E-state index in [2.05, 4.69) is 0 Å². The third-order valence-electron chi connectivity index (χ3n) is 4.38. The van der Waals surface area contributed by atoms with E-state index in [-0.39, 0.29) is 35.3 Å². The van der Waals surface area contributed by atoms with Gasteiger partial charge in [0.15, 0.2) is 0 Å². The molecule has 1 aliphatic rings. The number of likely N-dealkylation sites (tertiary alicyclic amines) is 1. The summed E-state index contributed by atoms with van der Waals surface area (Å²) in [5.41, 5.74) is 0.196. The maximum absolute atomic E-state index is 12.9. The second kappa shape index (κ2) is 8.05. The molecule has 1 aromatic rings. The highest BCUT2D eigenvalue weighted by atomic mass is 32.2. The first-order valence-corrected chi connectivity index (χ1v) is 10.2. The summed E-state index contributed by atoms with van der Waals surface area (Å²) in [4.78, 5) is 26.1. The molecular weight excluding hydrogens is 360 g/mol. The summed E-state index contributed by atoms with van der Waals surface area (Å²) in [7, 11) is -2.03. The van der Waals surface area contributed by atoms with E-state index < -0.39 is 16.0 Å². The molecule has 1 heterocycles. The summed E-state index contributed by atoms with van der Waals surface area (Å²) in [6.07, 6.45) is 2.70. The lowest BCUT2D eigenvalue weighted by molar-refractivity contribution is 0.0630. The van der Waals surface area contributed by atoms with Crippen molar-refractivity contribution in [3.8, 4) is 0 Å². The molecule has 0 aliphatic carbocycles. The quantitative estimate of drug-likeness (QED) is 0.762. The molecule has 0 aromatic heterocycles. The SMILES string of the molecule is CCN(c1cc(C(=O)O)cc(C(=O)N2CCCC2COC)c1)S(C)(=O)=O. The molecule has 1 saturated heterocycles. The molecular formula is C17H24N2O6S. The summed E-state index contributed by atoms with van der Waals surface area (Å²) in [6, 6.07) is 3.91. The van der Waals surface area contributed by atoms with Crippen LogP contribution in [0.2, 0.25) is 0 Å². The van der Waals surface area contributed by atoms with Gasteiger partial charge in [-0.1, -0.05) is 0 Å². The number of sulfonamides is 1. The molecule has 0 saturated carbocycles. The maximum atomic E-state index is 12.9. The zero-order chi connectivity index (χ0) is 19.5. The number of carbonyl (C=O) groups excluding carboxylic acids is 1. The Kier molecular flexibility index (Phi) is 6.25. The first-order valence-electron chi connectivity index (χ1n) is 8.35. The van der Waals surface area contributed by atoms with E-state index in [1.165, 1.54) is 18.2 Å². The lowest BCUT2D eigenvalue weighted by Gasteiger charge is -2.26. The van der Waals surface area contributed by atoms with Gasteiger partial charge in [-0.3, -0.25) is 9.10 Å². The molecule has 0 radical (unpaired) electrons. The van der Waals surface area contributed by atoms with Gasteiger partial charge in [0.25, 0.3) is 5.91 Å². The second-order valence-corrected chi connectivity index (χ2v) is 8.16. The smallest absolute Gasteiger partial charge is 0.335 e. The van der Waals surface area contributed by atoms with Crippen LogP contribution < -0.4 is 4.31 Å². The van der Waals surface area contributed by atoms with Crippen LogP contribution in [0.3, 0.4) is 0 Å². The van der Waals surface area contributed by atoms with E-state index >= 15 is 0 Å². The highest BCUT2D eigenvalue weighted by molar-refractivity contribution is 7.92. The molecule has 0 spiro atoms. The van der Waals surface area contributed by atoms with Gasteiger partial charge in [0.2, 0.25) is 10.0 Å². The fourth-order valence-corrected chi connectivity index (χ4v) is 4.20. The molecule has 9 heteroatoms. The van der Waals surface area contributed by atoms with Crippen LogP contribution in [0.4, 0.5) is 5.69 Å². The van der Waals surface area contributed by atoms with Crippen molar-refractivity contribution in [2.75, 3.05) is 37.4 Å². The van der Waals surface area contributed by atoms with Crippen molar-refractivity contribution < 1.29 is 27.9 Å². The fourth-order valence-electron chi connectivity index (χ4n) is 3.25. The van der Waals surface area contributed by atoms with Crippen molar-refractivity contribution >= 4 is 27.6 Å². The Morgan fingerprint density at radius 2 is 1.96 bits per heavy atom. The minimum atomic E-state index is -3.60. The van der Waals surface area contributed by atoms with Crippen molar-refractivity contribution in [3.05, 3.63) is 29.3 Å². The summed E-state index contributed by atoms with van der Waals surface area (Å²) < 4.78 is 30.2. The number of carboxylic acids is 1. The van der Waals surface area contributed by atoms with Gasteiger partial charge in [-0.25, -0.2) is 13.2 Å². The van der Waals surface area contributed by atoms with E-state index in [1.807, 2.05) is 0 Å². The molecule has 144 valence electrons. The van der Waals surface area contributed by atoms with E-state index in [1.54, 1.807) is 18.9 Å². The van der Waals surface area contributed by atoms with Crippen LogP contribution in [0.5, 0.6) is 0 Å². The standard InChI is InChI=1S/C17H24N2O6S/c1-4-19(26(3,23)24)15-9-12(8-13(10-15)17(21)22)16(20)18-7-5-6-14(18)11-25-2/h8-10,14H,4-7,11H2,1-3H3,(H,21,22). The van der Waals surface area contributed by atoms with Crippen molar-refractivity contribution in [2.24, 2.45) is 0 Å². The molecule has 1 fully saturated rings. The topological polar surface area (TPSA) is 104 Å². The number of carboxylic acid groups (broad SMARTS) is 1. The van der Waals surface area contributed by atoms with Crippen LogP contribution in [-0.2, 0) is 14.8 Å². The predicted octanol–water partition coefficient (Wildman–Crippen LogP) is 1.42. The average Bonchev–Trinajstić information content (AvgIpc) is 3.01. The van der Waals surface area contributed by atoms with Crippen LogP contribution in [-0.4, -0.2) is 69.4 Å². The molecule has 1 unspecified atom stereocenters. The summed E-state index contributed by atoms with van der Waals surface area (Å²) >= 11 is 0. The number of hydrogen-bond acceptors (Lipinski definition) is 5. The minimum absolute atomic E-state index is 0.0679.